The molecule has 2 rings (SSSR count). The number of rotatable bonds is 1. The molecule has 6 heteroatoms. The summed E-state index contributed by atoms with van der Waals surface area (Å²) in [5.74, 6) is 0.134. The van der Waals surface area contributed by atoms with E-state index in [0.717, 1.165) is 0 Å². The van der Waals surface area contributed by atoms with Crippen molar-refractivity contribution in [2.75, 3.05) is 0 Å². The molecule has 0 radical (unpaired) electrons. The molecule has 0 aromatic carbocycles. The summed E-state index contributed by atoms with van der Waals surface area (Å²) in [5.41, 5.74) is 0.202. The van der Waals surface area contributed by atoms with E-state index < -0.39 is 0 Å². The van der Waals surface area contributed by atoms with Crippen LogP contribution in [0.15, 0.2) is 12.4 Å². The van der Waals surface area contributed by atoms with Gasteiger partial charge in [0, 0.05) is 6.92 Å². The molecule has 13 heavy (non-hydrogen) atoms. The second-order valence-electron chi connectivity index (χ2n) is 2.46. The molecule has 0 atom stereocenters. The Bertz CT molecular complexity index is 478. The summed E-state index contributed by atoms with van der Waals surface area (Å²) >= 11 is 5.83. The molecule has 0 aliphatic rings. The molecule has 0 fully saturated rings. The van der Waals surface area contributed by atoms with Gasteiger partial charge in [-0.15, -0.1) is 0 Å². The van der Waals surface area contributed by atoms with Crippen molar-refractivity contribution in [2.24, 2.45) is 0 Å². The van der Waals surface area contributed by atoms with Gasteiger partial charge in [0.05, 0.1) is 12.4 Å². The van der Waals surface area contributed by atoms with Crippen LogP contribution in [0.3, 0.4) is 0 Å². The molecule has 0 amide bonds. The SMILES string of the molecule is CC(=O)c1nc2nccnn2c1Cl. The summed E-state index contributed by atoms with van der Waals surface area (Å²) in [6.07, 6.45) is 2.97. The summed E-state index contributed by atoms with van der Waals surface area (Å²) in [6.45, 7) is 1.40. The van der Waals surface area contributed by atoms with E-state index in [-0.39, 0.29) is 16.6 Å². The Morgan fingerprint density at radius 3 is 2.92 bits per heavy atom. The highest BCUT2D eigenvalue weighted by Crippen LogP contribution is 2.15. The van der Waals surface area contributed by atoms with Crippen LogP contribution in [0.2, 0.25) is 5.15 Å². The zero-order valence-electron chi connectivity index (χ0n) is 6.73. The summed E-state index contributed by atoms with van der Waals surface area (Å²) in [7, 11) is 0. The van der Waals surface area contributed by atoms with E-state index in [2.05, 4.69) is 15.1 Å². The third-order valence-electron chi connectivity index (χ3n) is 1.55. The van der Waals surface area contributed by atoms with Gasteiger partial charge in [0.15, 0.2) is 10.9 Å². The van der Waals surface area contributed by atoms with E-state index in [1.54, 1.807) is 0 Å². The van der Waals surface area contributed by atoms with Crippen molar-refractivity contribution in [2.45, 2.75) is 6.92 Å². The Morgan fingerprint density at radius 2 is 2.31 bits per heavy atom. The van der Waals surface area contributed by atoms with Gasteiger partial charge in [0.2, 0.25) is 0 Å². The number of Topliss-reactive ketones (excluding diaryl/α,β-unsaturated/α-hetero) is 1. The van der Waals surface area contributed by atoms with Crippen LogP contribution in [-0.2, 0) is 0 Å². The van der Waals surface area contributed by atoms with Crippen molar-refractivity contribution < 1.29 is 4.79 Å². The molecule has 66 valence electrons. The molecule has 0 unspecified atom stereocenters. The van der Waals surface area contributed by atoms with Crippen LogP contribution in [0.4, 0.5) is 0 Å². The van der Waals surface area contributed by atoms with Gasteiger partial charge >= 0.3 is 0 Å². The number of imidazole rings is 1. The highest BCUT2D eigenvalue weighted by Gasteiger charge is 2.14. The van der Waals surface area contributed by atoms with Gasteiger partial charge < -0.3 is 0 Å². The maximum absolute atomic E-state index is 11.0. The molecule has 2 aromatic rings. The molecule has 2 aromatic heterocycles. The van der Waals surface area contributed by atoms with Crippen LogP contribution in [0.5, 0.6) is 0 Å². The molecule has 5 nitrogen and oxygen atoms in total. The molecule has 0 spiro atoms. The van der Waals surface area contributed by atoms with E-state index in [0.29, 0.717) is 5.78 Å². The maximum atomic E-state index is 11.0. The quantitative estimate of drug-likeness (QED) is 0.638. The lowest BCUT2D eigenvalue weighted by Crippen LogP contribution is -1.94. The van der Waals surface area contributed by atoms with Crippen LogP contribution < -0.4 is 0 Å². The van der Waals surface area contributed by atoms with Crippen molar-refractivity contribution in [3.8, 4) is 0 Å². The predicted octanol–water partition coefficient (Wildman–Crippen LogP) is 0.980. The van der Waals surface area contributed by atoms with Crippen LogP contribution >= 0.6 is 11.6 Å². The summed E-state index contributed by atoms with van der Waals surface area (Å²) < 4.78 is 1.32. The number of nitrogens with zero attached hydrogens (tertiary/aromatic N) is 4. The van der Waals surface area contributed by atoms with E-state index in [1.807, 2.05) is 0 Å². The number of hydrogen-bond acceptors (Lipinski definition) is 4. The first-order valence-corrected chi connectivity index (χ1v) is 3.94. The van der Waals surface area contributed by atoms with Gasteiger partial charge in [-0.2, -0.15) is 9.61 Å². The number of halogens is 1. The fourth-order valence-corrected chi connectivity index (χ4v) is 1.28. The van der Waals surface area contributed by atoms with Crippen LogP contribution in [0, 0.1) is 0 Å². The van der Waals surface area contributed by atoms with Crippen LogP contribution in [0.25, 0.3) is 5.78 Å². The molecule has 0 bridgehead atoms. The van der Waals surface area contributed by atoms with Gasteiger partial charge in [0.1, 0.15) is 5.69 Å². The summed E-state index contributed by atoms with van der Waals surface area (Å²) in [4.78, 5) is 18.8. The van der Waals surface area contributed by atoms with Gasteiger partial charge in [-0.25, -0.2) is 9.97 Å². The van der Waals surface area contributed by atoms with Crippen LogP contribution in [-0.4, -0.2) is 25.4 Å². The number of carbonyl (C=O) groups excluding carboxylic acids is 1. The van der Waals surface area contributed by atoms with Crippen molar-refractivity contribution in [1.82, 2.24) is 19.6 Å². The summed E-state index contributed by atoms with van der Waals surface area (Å²) in [5, 5.41) is 4.10. The number of aromatic nitrogens is 4. The first-order chi connectivity index (χ1) is 6.20. The minimum atomic E-state index is -0.197. The van der Waals surface area contributed by atoms with Crippen molar-refractivity contribution in [1.29, 1.82) is 0 Å². The molecular weight excluding hydrogens is 192 g/mol. The number of fused-ring (bicyclic) bond motifs is 1. The normalized spacial score (nSPS) is 10.6. The molecule has 2 heterocycles. The Balaban J connectivity index is 2.81. The minimum Gasteiger partial charge on any atom is -0.293 e. The zero-order valence-corrected chi connectivity index (χ0v) is 7.49. The fourth-order valence-electron chi connectivity index (χ4n) is 0.988. The van der Waals surface area contributed by atoms with E-state index >= 15 is 0 Å². The van der Waals surface area contributed by atoms with E-state index in [1.165, 1.54) is 23.8 Å². The lowest BCUT2D eigenvalue weighted by Gasteiger charge is -1.89. The zero-order chi connectivity index (χ0) is 9.42. The summed E-state index contributed by atoms with van der Waals surface area (Å²) in [6, 6.07) is 0. The predicted molar refractivity (Wildman–Crippen MR) is 45.8 cm³/mol. The van der Waals surface area contributed by atoms with E-state index in [9.17, 15) is 4.79 Å². The highest BCUT2D eigenvalue weighted by atomic mass is 35.5. The largest absolute Gasteiger partial charge is 0.293 e. The Hall–Kier alpha value is -1.49. The van der Waals surface area contributed by atoms with Gasteiger partial charge in [-0.3, -0.25) is 4.79 Å². The Labute approximate surface area is 78.4 Å². The number of ketones is 1. The van der Waals surface area contributed by atoms with E-state index in [4.69, 9.17) is 11.6 Å². The molecular formula is C7H5ClN4O. The molecule has 0 saturated carbocycles. The Morgan fingerprint density at radius 1 is 1.54 bits per heavy atom. The average Bonchev–Trinajstić information content (AvgIpc) is 2.45. The monoisotopic (exact) mass is 196 g/mol. The fraction of sp³-hybridized carbons (Fsp3) is 0.143. The molecule has 0 aliphatic carbocycles. The minimum absolute atomic E-state index is 0.197. The standard InChI is InChI=1S/C7H5ClN4O/c1-4(13)5-6(8)12-7(11-5)9-2-3-10-12/h2-3H,1H3. The third-order valence-corrected chi connectivity index (χ3v) is 1.89. The topological polar surface area (TPSA) is 60.2 Å². The highest BCUT2D eigenvalue weighted by molar-refractivity contribution is 6.32. The lowest BCUT2D eigenvalue weighted by molar-refractivity contribution is 0.101. The lowest BCUT2D eigenvalue weighted by atomic mass is 10.3. The second-order valence-corrected chi connectivity index (χ2v) is 2.82. The van der Waals surface area contributed by atoms with Crippen molar-refractivity contribution >= 4 is 23.2 Å². The van der Waals surface area contributed by atoms with Gasteiger partial charge in [0.25, 0.3) is 5.78 Å². The first kappa shape index (κ1) is 8.12. The first-order valence-electron chi connectivity index (χ1n) is 3.56. The number of hydrogen-bond donors (Lipinski definition) is 0. The maximum Gasteiger partial charge on any atom is 0.252 e. The van der Waals surface area contributed by atoms with Crippen molar-refractivity contribution in [3.63, 3.8) is 0 Å². The second kappa shape index (κ2) is 2.77. The Kier molecular flexibility index (Phi) is 1.73. The number of carbonyl (C=O) groups is 1. The molecule has 0 aliphatic heterocycles. The molecule has 0 saturated heterocycles. The third kappa shape index (κ3) is 1.17. The molecule has 0 N–H and O–H groups in total. The van der Waals surface area contributed by atoms with Crippen molar-refractivity contribution in [3.05, 3.63) is 23.2 Å². The average molecular weight is 197 g/mol. The van der Waals surface area contributed by atoms with Gasteiger partial charge in [-0.1, -0.05) is 11.6 Å². The van der Waals surface area contributed by atoms with Crippen LogP contribution in [0.1, 0.15) is 17.4 Å². The van der Waals surface area contributed by atoms with Gasteiger partial charge in [-0.05, 0) is 0 Å². The smallest absolute Gasteiger partial charge is 0.252 e.